The van der Waals surface area contributed by atoms with E-state index in [4.69, 9.17) is 21.4 Å². The minimum absolute atomic E-state index is 0.308. The second kappa shape index (κ2) is 7.19. The lowest BCUT2D eigenvalue weighted by atomic mass is 9.96. The quantitative estimate of drug-likeness (QED) is 0.522. The Labute approximate surface area is 97.5 Å². The standard InChI is InChI=1S/C9H13ClO6/c1-5(11)8(16-4-10)6(3-7(12)13)9(14)15-2/h6,8H,3-4H2,1-2H3,(H,12,13). The van der Waals surface area contributed by atoms with E-state index in [1.54, 1.807) is 0 Å². The highest BCUT2D eigenvalue weighted by atomic mass is 35.5. The van der Waals surface area contributed by atoms with Gasteiger partial charge in [-0.2, -0.15) is 0 Å². The van der Waals surface area contributed by atoms with Gasteiger partial charge in [-0.15, -0.1) is 0 Å². The number of carbonyl (C=O) groups is 3. The number of ketones is 1. The number of ether oxygens (including phenoxy) is 2. The summed E-state index contributed by atoms with van der Waals surface area (Å²) in [6.07, 6.45) is -1.74. The molecule has 0 aromatic heterocycles. The van der Waals surface area contributed by atoms with Crippen LogP contribution in [0.2, 0.25) is 0 Å². The Kier molecular flexibility index (Phi) is 6.67. The van der Waals surface area contributed by atoms with Gasteiger partial charge in [-0.25, -0.2) is 0 Å². The van der Waals surface area contributed by atoms with Crippen molar-refractivity contribution in [3.63, 3.8) is 0 Å². The third kappa shape index (κ3) is 4.59. The van der Waals surface area contributed by atoms with Crippen LogP contribution in [0.25, 0.3) is 0 Å². The number of methoxy groups -OCH3 is 1. The van der Waals surface area contributed by atoms with Crippen molar-refractivity contribution in [1.29, 1.82) is 0 Å². The Morgan fingerprint density at radius 1 is 1.38 bits per heavy atom. The number of rotatable bonds is 7. The van der Waals surface area contributed by atoms with Gasteiger partial charge in [0.25, 0.3) is 0 Å². The molecule has 0 spiro atoms. The average Bonchev–Trinajstić information content (AvgIpc) is 2.21. The molecule has 0 aromatic carbocycles. The number of hydrogen-bond acceptors (Lipinski definition) is 5. The predicted octanol–water partition coefficient (Wildman–Crippen LogP) is 0.421. The Hall–Kier alpha value is -1.14. The number of carbonyl (C=O) groups excluding carboxylic acids is 2. The zero-order valence-electron chi connectivity index (χ0n) is 8.94. The largest absolute Gasteiger partial charge is 0.481 e. The van der Waals surface area contributed by atoms with E-state index in [-0.39, 0.29) is 6.07 Å². The van der Waals surface area contributed by atoms with Crippen LogP contribution in [-0.4, -0.2) is 42.1 Å². The lowest BCUT2D eigenvalue weighted by Crippen LogP contribution is -2.38. The number of esters is 1. The minimum Gasteiger partial charge on any atom is -0.481 e. The van der Waals surface area contributed by atoms with Gasteiger partial charge in [0.2, 0.25) is 0 Å². The van der Waals surface area contributed by atoms with Crippen molar-refractivity contribution < 1.29 is 29.0 Å². The lowest BCUT2D eigenvalue weighted by Gasteiger charge is -2.20. The van der Waals surface area contributed by atoms with Crippen LogP contribution in [0, 0.1) is 5.92 Å². The zero-order valence-corrected chi connectivity index (χ0v) is 9.69. The number of alkyl halides is 1. The maximum Gasteiger partial charge on any atom is 0.312 e. The normalized spacial score (nSPS) is 13.9. The summed E-state index contributed by atoms with van der Waals surface area (Å²) in [5.74, 6) is -3.69. The van der Waals surface area contributed by atoms with Gasteiger partial charge in [0.1, 0.15) is 18.1 Å². The summed E-state index contributed by atoms with van der Waals surface area (Å²) in [4.78, 5) is 33.1. The molecule has 0 rings (SSSR count). The molecule has 0 bridgehead atoms. The second-order valence-corrected chi connectivity index (χ2v) is 3.25. The fourth-order valence-electron chi connectivity index (χ4n) is 1.24. The number of hydrogen-bond donors (Lipinski definition) is 1. The first-order valence-electron chi connectivity index (χ1n) is 4.41. The molecular formula is C9H13ClO6. The molecule has 0 aliphatic carbocycles. The van der Waals surface area contributed by atoms with E-state index in [9.17, 15) is 14.4 Å². The Balaban J connectivity index is 4.87. The van der Waals surface area contributed by atoms with Crippen LogP contribution in [0.4, 0.5) is 0 Å². The monoisotopic (exact) mass is 252 g/mol. The van der Waals surface area contributed by atoms with Gasteiger partial charge in [0, 0.05) is 0 Å². The van der Waals surface area contributed by atoms with Crippen LogP contribution in [0.3, 0.4) is 0 Å². The molecule has 0 fully saturated rings. The fraction of sp³-hybridized carbons (Fsp3) is 0.667. The molecule has 0 aliphatic heterocycles. The van der Waals surface area contributed by atoms with Crippen molar-refractivity contribution >= 4 is 29.3 Å². The molecule has 1 N–H and O–H groups in total. The summed E-state index contributed by atoms with van der Waals surface area (Å²) < 4.78 is 9.25. The molecule has 2 unspecified atom stereocenters. The number of carboxylic acids is 1. The Bertz CT molecular complexity index is 277. The molecule has 0 aromatic rings. The van der Waals surface area contributed by atoms with Crippen molar-refractivity contribution in [3.8, 4) is 0 Å². The molecule has 0 aliphatic rings. The van der Waals surface area contributed by atoms with Crippen molar-refractivity contribution in [2.24, 2.45) is 5.92 Å². The molecular weight excluding hydrogens is 240 g/mol. The molecule has 0 saturated carbocycles. The summed E-state index contributed by atoms with van der Waals surface area (Å²) in [5, 5.41) is 8.62. The number of carboxylic acid groups (broad SMARTS) is 1. The molecule has 7 heteroatoms. The van der Waals surface area contributed by atoms with Gasteiger partial charge >= 0.3 is 11.9 Å². The SMILES string of the molecule is COC(=O)C(CC(=O)O)C(OCCl)C(C)=O. The van der Waals surface area contributed by atoms with Gasteiger partial charge < -0.3 is 14.6 Å². The molecule has 2 atom stereocenters. The van der Waals surface area contributed by atoms with Crippen LogP contribution in [-0.2, 0) is 23.9 Å². The van der Waals surface area contributed by atoms with Gasteiger partial charge in [-0.1, -0.05) is 11.6 Å². The van der Waals surface area contributed by atoms with E-state index < -0.39 is 36.2 Å². The molecule has 0 heterocycles. The summed E-state index contributed by atoms with van der Waals surface area (Å²) in [5.41, 5.74) is 0. The number of aliphatic carboxylic acids is 1. The topological polar surface area (TPSA) is 89.9 Å². The summed E-state index contributed by atoms with van der Waals surface area (Å²) in [6, 6.07) is -0.308. The maximum atomic E-state index is 11.3. The van der Waals surface area contributed by atoms with Gasteiger partial charge in [-0.3, -0.25) is 14.4 Å². The van der Waals surface area contributed by atoms with Crippen LogP contribution in [0.5, 0.6) is 0 Å². The first-order valence-corrected chi connectivity index (χ1v) is 4.95. The lowest BCUT2D eigenvalue weighted by molar-refractivity contribution is -0.159. The smallest absolute Gasteiger partial charge is 0.312 e. The second-order valence-electron chi connectivity index (χ2n) is 3.03. The predicted molar refractivity (Wildman–Crippen MR) is 54.0 cm³/mol. The van der Waals surface area contributed by atoms with Crippen LogP contribution in [0.1, 0.15) is 13.3 Å². The summed E-state index contributed by atoms with van der Waals surface area (Å²) in [7, 11) is 1.11. The van der Waals surface area contributed by atoms with Gasteiger partial charge in [0.05, 0.1) is 13.5 Å². The van der Waals surface area contributed by atoms with Crippen molar-refractivity contribution in [1.82, 2.24) is 0 Å². The van der Waals surface area contributed by atoms with Crippen molar-refractivity contribution in [2.45, 2.75) is 19.4 Å². The van der Waals surface area contributed by atoms with E-state index in [0.29, 0.717) is 0 Å². The zero-order chi connectivity index (χ0) is 12.7. The van der Waals surface area contributed by atoms with Gasteiger partial charge in [0.15, 0.2) is 5.78 Å². The molecule has 0 amide bonds. The minimum atomic E-state index is -1.22. The van der Waals surface area contributed by atoms with E-state index in [0.717, 1.165) is 7.11 Å². The van der Waals surface area contributed by atoms with Gasteiger partial charge in [-0.05, 0) is 6.92 Å². The number of Topliss-reactive ketones (excluding diaryl/α,β-unsaturated/α-hetero) is 1. The van der Waals surface area contributed by atoms with E-state index in [1.165, 1.54) is 6.92 Å². The van der Waals surface area contributed by atoms with Crippen molar-refractivity contribution in [2.75, 3.05) is 13.2 Å². The van der Waals surface area contributed by atoms with E-state index in [2.05, 4.69) is 4.74 Å². The molecule has 6 nitrogen and oxygen atoms in total. The Morgan fingerprint density at radius 3 is 2.25 bits per heavy atom. The van der Waals surface area contributed by atoms with Crippen LogP contribution in [0.15, 0.2) is 0 Å². The van der Waals surface area contributed by atoms with Crippen molar-refractivity contribution in [3.05, 3.63) is 0 Å². The highest BCUT2D eigenvalue weighted by molar-refractivity contribution is 6.17. The number of halogens is 1. The highest BCUT2D eigenvalue weighted by Crippen LogP contribution is 2.16. The summed E-state index contributed by atoms with van der Waals surface area (Å²) >= 11 is 5.29. The first kappa shape index (κ1) is 14.9. The third-order valence-corrected chi connectivity index (χ3v) is 2.03. The molecule has 16 heavy (non-hydrogen) atoms. The first-order chi connectivity index (χ1) is 7.43. The maximum absolute atomic E-state index is 11.3. The molecule has 0 radical (unpaired) electrons. The molecule has 0 saturated heterocycles. The summed E-state index contributed by atoms with van der Waals surface area (Å²) in [6.45, 7) is 1.19. The fourth-order valence-corrected chi connectivity index (χ4v) is 1.37. The average molecular weight is 253 g/mol. The van der Waals surface area contributed by atoms with E-state index >= 15 is 0 Å². The van der Waals surface area contributed by atoms with E-state index in [1.807, 2.05) is 0 Å². The third-order valence-electron chi connectivity index (χ3n) is 1.91. The van der Waals surface area contributed by atoms with Crippen LogP contribution < -0.4 is 0 Å². The van der Waals surface area contributed by atoms with Crippen LogP contribution >= 0.6 is 11.6 Å². The highest BCUT2D eigenvalue weighted by Gasteiger charge is 2.35. The Morgan fingerprint density at radius 2 is 1.94 bits per heavy atom. The molecule has 92 valence electrons.